The fourth-order valence-electron chi connectivity index (χ4n) is 1.19. The number of hydrogen-bond acceptors (Lipinski definition) is 4. The highest BCUT2D eigenvalue weighted by Gasteiger charge is 2.04. The molecule has 0 spiro atoms. The minimum absolute atomic E-state index is 0.330. The van der Waals surface area contributed by atoms with Crippen molar-refractivity contribution in [3.8, 4) is 0 Å². The lowest BCUT2D eigenvalue weighted by molar-refractivity contribution is -0.139. The highest BCUT2D eigenvalue weighted by Crippen LogP contribution is 2.01. The molecule has 0 amide bonds. The average molecular weight is 244 g/mol. The van der Waals surface area contributed by atoms with Crippen molar-refractivity contribution >= 4 is 5.97 Å². The number of aliphatic hydroxyl groups excluding tert-OH is 1. The Hall–Kier alpha value is -0.870. The van der Waals surface area contributed by atoms with Crippen LogP contribution in [0.4, 0.5) is 0 Å². The van der Waals surface area contributed by atoms with Gasteiger partial charge in [-0.3, -0.25) is 0 Å². The Balaban J connectivity index is 3.29. The van der Waals surface area contributed by atoms with E-state index >= 15 is 0 Å². The molecule has 0 radical (unpaired) electrons. The third-order valence-electron chi connectivity index (χ3n) is 2.22. The number of esters is 1. The Morgan fingerprint density at radius 1 is 1.35 bits per heavy atom. The Bertz CT molecular complexity index is 225. The molecule has 0 aromatic heterocycles. The first-order valence-electron chi connectivity index (χ1n) is 6.16. The van der Waals surface area contributed by atoms with Crippen molar-refractivity contribution in [2.75, 3.05) is 19.8 Å². The molecule has 4 nitrogen and oxygen atoms in total. The van der Waals surface area contributed by atoms with Crippen LogP contribution in [0.2, 0.25) is 0 Å². The summed E-state index contributed by atoms with van der Waals surface area (Å²) in [6.07, 6.45) is 3.13. The molecule has 1 unspecified atom stereocenters. The molecule has 0 aliphatic heterocycles. The first-order chi connectivity index (χ1) is 8.07. The van der Waals surface area contributed by atoms with Gasteiger partial charge in [-0.25, -0.2) is 4.79 Å². The smallest absolute Gasteiger partial charge is 0.333 e. The van der Waals surface area contributed by atoms with Crippen LogP contribution in [0.25, 0.3) is 0 Å². The second-order valence-electron chi connectivity index (χ2n) is 4.14. The summed E-state index contributed by atoms with van der Waals surface area (Å²) in [6, 6.07) is 0. The normalized spacial score (nSPS) is 12.2. The van der Waals surface area contributed by atoms with Crippen LogP contribution >= 0.6 is 0 Å². The van der Waals surface area contributed by atoms with Gasteiger partial charge in [0.25, 0.3) is 0 Å². The van der Waals surface area contributed by atoms with Gasteiger partial charge < -0.3 is 14.6 Å². The minimum Gasteiger partial charge on any atom is -0.462 e. The molecule has 0 fully saturated rings. The lowest BCUT2D eigenvalue weighted by Gasteiger charge is -2.10. The van der Waals surface area contributed by atoms with Crippen LogP contribution in [0.15, 0.2) is 12.2 Å². The fraction of sp³-hybridized carbons (Fsp3) is 0.769. The maximum atomic E-state index is 11.0. The number of unbranched alkanes of at least 4 members (excludes halogenated alkanes) is 1. The highest BCUT2D eigenvalue weighted by molar-refractivity contribution is 5.86. The van der Waals surface area contributed by atoms with Crippen LogP contribution in [0.3, 0.4) is 0 Å². The van der Waals surface area contributed by atoms with Gasteiger partial charge in [-0.05, 0) is 13.3 Å². The molecule has 1 atom stereocenters. The van der Waals surface area contributed by atoms with Gasteiger partial charge in [0.15, 0.2) is 0 Å². The van der Waals surface area contributed by atoms with Crippen LogP contribution in [0.5, 0.6) is 0 Å². The lowest BCUT2D eigenvalue weighted by Crippen LogP contribution is -2.16. The number of aliphatic hydroxyl groups is 1. The van der Waals surface area contributed by atoms with Gasteiger partial charge >= 0.3 is 5.97 Å². The topological polar surface area (TPSA) is 55.8 Å². The van der Waals surface area contributed by atoms with Crippen LogP contribution in [-0.2, 0) is 14.3 Å². The van der Waals surface area contributed by atoms with E-state index in [0.717, 1.165) is 19.3 Å². The predicted octanol–water partition coefficient (Wildman–Crippen LogP) is 2.06. The van der Waals surface area contributed by atoms with Crippen molar-refractivity contribution in [2.45, 2.75) is 45.6 Å². The maximum Gasteiger partial charge on any atom is 0.333 e. The summed E-state index contributed by atoms with van der Waals surface area (Å²) in [6.45, 7) is 8.36. The van der Waals surface area contributed by atoms with Crippen LogP contribution in [0.1, 0.15) is 39.5 Å². The first-order valence-corrected chi connectivity index (χ1v) is 6.16. The van der Waals surface area contributed by atoms with Gasteiger partial charge in [0.1, 0.15) is 0 Å². The van der Waals surface area contributed by atoms with Gasteiger partial charge in [-0.15, -0.1) is 0 Å². The standard InChI is InChI=1S/C13H24O4/c1-4-5-7-12(14)10-16-8-6-9-17-13(15)11(2)3/h12,14H,2,4-10H2,1,3H3. The molecular weight excluding hydrogens is 220 g/mol. The Morgan fingerprint density at radius 3 is 2.65 bits per heavy atom. The lowest BCUT2D eigenvalue weighted by atomic mass is 10.2. The van der Waals surface area contributed by atoms with E-state index in [9.17, 15) is 9.90 Å². The Kier molecular flexibility index (Phi) is 9.77. The van der Waals surface area contributed by atoms with E-state index in [1.807, 2.05) is 0 Å². The molecule has 0 saturated heterocycles. The Morgan fingerprint density at radius 2 is 2.06 bits per heavy atom. The largest absolute Gasteiger partial charge is 0.462 e. The molecule has 0 bridgehead atoms. The first kappa shape index (κ1) is 16.1. The molecule has 1 N–H and O–H groups in total. The third-order valence-corrected chi connectivity index (χ3v) is 2.22. The van der Waals surface area contributed by atoms with E-state index in [1.54, 1.807) is 6.92 Å². The van der Waals surface area contributed by atoms with E-state index < -0.39 is 0 Å². The molecule has 17 heavy (non-hydrogen) atoms. The van der Waals surface area contributed by atoms with Crippen LogP contribution in [-0.4, -0.2) is 37.0 Å². The van der Waals surface area contributed by atoms with E-state index in [4.69, 9.17) is 9.47 Å². The number of carbonyl (C=O) groups excluding carboxylic acids is 1. The van der Waals surface area contributed by atoms with Crippen molar-refractivity contribution in [2.24, 2.45) is 0 Å². The van der Waals surface area contributed by atoms with E-state index in [2.05, 4.69) is 13.5 Å². The number of ether oxygens (including phenoxy) is 2. The molecule has 0 heterocycles. The summed E-state index contributed by atoms with van der Waals surface area (Å²) in [5.41, 5.74) is 0.404. The summed E-state index contributed by atoms with van der Waals surface area (Å²) in [5, 5.41) is 9.48. The second kappa shape index (κ2) is 10.3. The van der Waals surface area contributed by atoms with Crippen molar-refractivity contribution < 1.29 is 19.4 Å². The predicted molar refractivity (Wildman–Crippen MR) is 66.7 cm³/mol. The maximum absolute atomic E-state index is 11.0. The third kappa shape index (κ3) is 10.0. The van der Waals surface area contributed by atoms with Gasteiger partial charge in [-0.1, -0.05) is 26.3 Å². The summed E-state index contributed by atoms with van der Waals surface area (Å²) in [7, 11) is 0. The number of rotatable bonds is 10. The van der Waals surface area contributed by atoms with Gasteiger partial charge in [0, 0.05) is 18.6 Å². The summed E-state index contributed by atoms with van der Waals surface area (Å²) in [4.78, 5) is 11.0. The SMILES string of the molecule is C=C(C)C(=O)OCCCOCC(O)CCCC. The highest BCUT2D eigenvalue weighted by atomic mass is 16.5. The molecule has 100 valence electrons. The molecule has 0 aliphatic carbocycles. The van der Waals surface area contributed by atoms with E-state index in [-0.39, 0.29) is 12.1 Å². The second-order valence-corrected chi connectivity index (χ2v) is 4.14. The summed E-state index contributed by atoms with van der Waals surface area (Å²) in [5.74, 6) is -0.368. The molecule has 0 aromatic rings. The average Bonchev–Trinajstić information content (AvgIpc) is 2.30. The zero-order valence-corrected chi connectivity index (χ0v) is 10.9. The molecule has 0 aliphatic rings. The van der Waals surface area contributed by atoms with E-state index in [0.29, 0.717) is 31.8 Å². The summed E-state index contributed by atoms with van der Waals surface area (Å²) >= 11 is 0. The molecular formula is C13H24O4. The molecule has 0 saturated carbocycles. The van der Waals surface area contributed by atoms with Gasteiger partial charge in [-0.2, -0.15) is 0 Å². The fourth-order valence-corrected chi connectivity index (χ4v) is 1.19. The van der Waals surface area contributed by atoms with Crippen molar-refractivity contribution in [3.63, 3.8) is 0 Å². The zero-order valence-electron chi connectivity index (χ0n) is 10.9. The quantitative estimate of drug-likeness (QED) is 0.363. The van der Waals surface area contributed by atoms with Crippen LogP contribution in [0, 0.1) is 0 Å². The minimum atomic E-state index is -0.382. The van der Waals surface area contributed by atoms with Crippen LogP contribution < -0.4 is 0 Å². The van der Waals surface area contributed by atoms with Crippen molar-refractivity contribution in [1.29, 1.82) is 0 Å². The molecule has 4 heteroatoms. The van der Waals surface area contributed by atoms with Gasteiger partial charge in [0.05, 0.1) is 19.3 Å². The zero-order chi connectivity index (χ0) is 13.1. The van der Waals surface area contributed by atoms with Crippen molar-refractivity contribution in [3.05, 3.63) is 12.2 Å². The summed E-state index contributed by atoms with van der Waals surface area (Å²) < 4.78 is 10.2. The molecule has 0 rings (SSSR count). The van der Waals surface area contributed by atoms with Gasteiger partial charge in [0.2, 0.25) is 0 Å². The van der Waals surface area contributed by atoms with Crippen molar-refractivity contribution in [1.82, 2.24) is 0 Å². The monoisotopic (exact) mass is 244 g/mol. The van der Waals surface area contributed by atoms with E-state index in [1.165, 1.54) is 0 Å². The Labute approximate surface area is 104 Å². The number of carbonyl (C=O) groups is 1. The number of hydrogen-bond donors (Lipinski definition) is 1. The molecule has 0 aromatic carbocycles.